The molecule has 4 nitrogen and oxygen atoms in total. The first kappa shape index (κ1) is 12.9. The molecule has 1 fully saturated rings. The van der Waals surface area contributed by atoms with Gasteiger partial charge in [0, 0.05) is 37.6 Å². The minimum Gasteiger partial charge on any atom is -0.481 e. The van der Waals surface area contributed by atoms with Gasteiger partial charge in [0.25, 0.3) is 0 Å². The Bertz CT molecular complexity index is 412. The Balaban J connectivity index is 1.87. The fourth-order valence-electron chi connectivity index (χ4n) is 2.61. The van der Waals surface area contributed by atoms with Crippen LogP contribution < -0.4 is 4.90 Å². The van der Waals surface area contributed by atoms with Gasteiger partial charge in [0.2, 0.25) is 0 Å². The molecule has 2 heterocycles. The number of hydrogen-bond acceptors (Lipinski definition) is 3. The summed E-state index contributed by atoms with van der Waals surface area (Å²) in [4.78, 5) is 17.0. The third-order valence-corrected chi connectivity index (χ3v) is 3.71. The zero-order valence-corrected chi connectivity index (χ0v) is 10.8. The van der Waals surface area contributed by atoms with E-state index in [1.54, 1.807) is 0 Å². The van der Waals surface area contributed by atoms with Gasteiger partial charge in [-0.3, -0.25) is 9.78 Å². The number of aliphatic carboxylic acids is 1. The average Bonchev–Trinajstić information content (AvgIpc) is 2.38. The average molecular weight is 248 g/mol. The minimum atomic E-state index is -0.678. The van der Waals surface area contributed by atoms with Crippen LogP contribution in [0.4, 0.5) is 5.69 Å². The van der Waals surface area contributed by atoms with E-state index in [4.69, 9.17) is 5.11 Å². The van der Waals surface area contributed by atoms with Crippen LogP contribution in [0.3, 0.4) is 0 Å². The number of carbonyl (C=O) groups is 1. The maximum absolute atomic E-state index is 10.6. The van der Waals surface area contributed by atoms with Crippen LogP contribution in [0.1, 0.15) is 31.2 Å². The highest BCUT2D eigenvalue weighted by Crippen LogP contribution is 2.27. The normalized spacial score (nSPS) is 16.8. The van der Waals surface area contributed by atoms with Gasteiger partial charge in [0.1, 0.15) is 0 Å². The quantitative estimate of drug-likeness (QED) is 0.889. The van der Waals surface area contributed by atoms with E-state index in [1.165, 1.54) is 11.3 Å². The second-order valence-corrected chi connectivity index (χ2v) is 5.02. The van der Waals surface area contributed by atoms with Crippen LogP contribution in [0.15, 0.2) is 18.5 Å². The van der Waals surface area contributed by atoms with Gasteiger partial charge in [-0.25, -0.2) is 0 Å². The van der Waals surface area contributed by atoms with Crippen LogP contribution >= 0.6 is 0 Å². The van der Waals surface area contributed by atoms with Gasteiger partial charge in [-0.05, 0) is 43.7 Å². The Morgan fingerprint density at radius 2 is 2.22 bits per heavy atom. The summed E-state index contributed by atoms with van der Waals surface area (Å²) < 4.78 is 0. The second-order valence-electron chi connectivity index (χ2n) is 5.02. The Hall–Kier alpha value is -1.58. The summed E-state index contributed by atoms with van der Waals surface area (Å²) in [5.74, 6) is -0.109. The van der Waals surface area contributed by atoms with Crippen LogP contribution in [0.2, 0.25) is 0 Å². The molecule has 98 valence electrons. The highest BCUT2D eigenvalue weighted by Gasteiger charge is 2.20. The summed E-state index contributed by atoms with van der Waals surface area (Å²) in [6.07, 6.45) is 7.03. The first-order valence-corrected chi connectivity index (χ1v) is 6.54. The summed E-state index contributed by atoms with van der Waals surface area (Å²) in [6.45, 7) is 4.13. The fourth-order valence-corrected chi connectivity index (χ4v) is 2.61. The molecule has 1 N–H and O–H groups in total. The third-order valence-electron chi connectivity index (χ3n) is 3.71. The molecule has 1 aromatic heterocycles. The Kier molecular flexibility index (Phi) is 4.18. The number of piperidine rings is 1. The highest BCUT2D eigenvalue weighted by molar-refractivity contribution is 5.66. The molecule has 0 aromatic carbocycles. The molecule has 4 heteroatoms. The first-order chi connectivity index (χ1) is 8.66. The lowest BCUT2D eigenvalue weighted by atomic mass is 9.92. The van der Waals surface area contributed by atoms with Gasteiger partial charge in [-0.15, -0.1) is 0 Å². The summed E-state index contributed by atoms with van der Waals surface area (Å²) in [7, 11) is 0. The number of nitrogens with zero attached hydrogens (tertiary/aromatic N) is 2. The standard InChI is InChI=1S/C14H20N2O2/c1-11-10-15-7-4-13(11)16-8-5-12(6-9-16)2-3-14(17)18/h4,7,10,12H,2-3,5-6,8-9H2,1H3,(H,17,18). The van der Waals surface area contributed by atoms with Gasteiger partial charge in [-0.1, -0.05) is 0 Å². The van der Waals surface area contributed by atoms with E-state index in [2.05, 4.69) is 22.9 Å². The van der Waals surface area contributed by atoms with Gasteiger partial charge >= 0.3 is 5.97 Å². The number of carboxylic acids is 1. The summed E-state index contributed by atoms with van der Waals surface area (Å²) >= 11 is 0. The van der Waals surface area contributed by atoms with Crippen LogP contribution in [-0.4, -0.2) is 29.1 Å². The van der Waals surface area contributed by atoms with Crippen molar-refractivity contribution in [1.29, 1.82) is 0 Å². The predicted octanol–water partition coefficient (Wildman–Crippen LogP) is 2.47. The Morgan fingerprint density at radius 3 is 2.83 bits per heavy atom. The Morgan fingerprint density at radius 1 is 1.50 bits per heavy atom. The zero-order valence-electron chi connectivity index (χ0n) is 10.8. The lowest BCUT2D eigenvalue weighted by Crippen LogP contribution is -2.34. The van der Waals surface area contributed by atoms with Crippen molar-refractivity contribution in [2.24, 2.45) is 5.92 Å². The number of hydrogen-bond donors (Lipinski definition) is 1. The van der Waals surface area contributed by atoms with Crippen molar-refractivity contribution in [2.45, 2.75) is 32.6 Å². The van der Waals surface area contributed by atoms with Crippen LogP contribution in [0.5, 0.6) is 0 Å². The zero-order chi connectivity index (χ0) is 13.0. The van der Waals surface area contributed by atoms with E-state index in [1.807, 2.05) is 12.4 Å². The van der Waals surface area contributed by atoms with Crippen molar-refractivity contribution >= 4 is 11.7 Å². The van der Waals surface area contributed by atoms with Crippen LogP contribution in [0, 0.1) is 12.8 Å². The fraction of sp³-hybridized carbons (Fsp3) is 0.571. The summed E-state index contributed by atoms with van der Waals surface area (Å²) in [5, 5.41) is 8.69. The van der Waals surface area contributed by atoms with Crippen molar-refractivity contribution in [1.82, 2.24) is 4.98 Å². The monoisotopic (exact) mass is 248 g/mol. The molecule has 0 bridgehead atoms. The number of pyridine rings is 1. The molecular formula is C14H20N2O2. The number of carboxylic acid groups (broad SMARTS) is 1. The summed E-state index contributed by atoms with van der Waals surface area (Å²) in [6, 6.07) is 2.06. The van der Waals surface area contributed by atoms with Crippen molar-refractivity contribution in [3.8, 4) is 0 Å². The van der Waals surface area contributed by atoms with Crippen molar-refractivity contribution < 1.29 is 9.90 Å². The van der Waals surface area contributed by atoms with Gasteiger partial charge in [0.15, 0.2) is 0 Å². The summed E-state index contributed by atoms with van der Waals surface area (Å²) in [5.41, 5.74) is 2.48. The van der Waals surface area contributed by atoms with E-state index in [9.17, 15) is 4.79 Å². The molecule has 0 aliphatic carbocycles. The topological polar surface area (TPSA) is 53.4 Å². The molecule has 0 amide bonds. The Labute approximate surface area is 108 Å². The van der Waals surface area contributed by atoms with Crippen molar-refractivity contribution in [3.05, 3.63) is 24.0 Å². The molecule has 1 aromatic rings. The van der Waals surface area contributed by atoms with Crippen molar-refractivity contribution in [3.63, 3.8) is 0 Å². The van der Waals surface area contributed by atoms with E-state index in [-0.39, 0.29) is 0 Å². The molecule has 0 saturated carbocycles. The lowest BCUT2D eigenvalue weighted by Gasteiger charge is -2.34. The van der Waals surface area contributed by atoms with E-state index < -0.39 is 5.97 Å². The lowest BCUT2D eigenvalue weighted by molar-refractivity contribution is -0.137. The third kappa shape index (κ3) is 3.22. The molecule has 2 rings (SSSR count). The highest BCUT2D eigenvalue weighted by atomic mass is 16.4. The maximum atomic E-state index is 10.6. The number of aromatic nitrogens is 1. The van der Waals surface area contributed by atoms with Gasteiger partial charge in [0.05, 0.1) is 0 Å². The SMILES string of the molecule is Cc1cnccc1N1CCC(CCC(=O)O)CC1. The van der Waals surface area contributed by atoms with Gasteiger partial charge in [-0.2, -0.15) is 0 Å². The molecule has 0 unspecified atom stereocenters. The number of aryl methyl sites for hydroxylation is 1. The molecule has 18 heavy (non-hydrogen) atoms. The first-order valence-electron chi connectivity index (χ1n) is 6.54. The largest absolute Gasteiger partial charge is 0.481 e. The van der Waals surface area contributed by atoms with Crippen LogP contribution in [-0.2, 0) is 4.79 Å². The van der Waals surface area contributed by atoms with E-state index in [0.717, 1.165) is 32.4 Å². The van der Waals surface area contributed by atoms with Crippen molar-refractivity contribution in [2.75, 3.05) is 18.0 Å². The number of rotatable bonds is 4. The molecule has 1 saturated heterocycles. The van der Waals surface area contributed by atoms with E-state index >= 15 is 0 Å². The second kappa shape index (κ2) is 5.85. The molecule has 0 atom stereocenters. The minimum absolute atomic E-state index is 0.305. The molecule has 0 radical (unpaired) electrons. The smallest absolute Gasteiger partial charge is 0.303 e. The maximum Gasteiger partial charge on any atom is 0.303 e. The molecule has 1 aliphatic heterocycles. The molecular weight excluding hydrogens is 228 g/mol. The van der Waals surface area contributed by atoms with Gasteiger partial charge < -0.3 is 10.0 Å². The van der Waals surface area contributed by atoms with Crippen LogP contribution in [0.25, 0.3) is 0 Å². The molecule has 0 spiro atoms. The van der Waals surface area contributed by atoms with E-state index in [0.29, 0.717) is 12.3 Å². The molecule has 1 aliphatic rings. The number of anilines is 1. The predicted molar refractivity (Wildman–Crippen MR) is 70.8 cm³/mol.